The summed E-state index contributed by atoms with van der Waals surface area (Å²) in [6.07, 6.45) is 2.75. The Kier molecular flexibility index (Phi) is 7.89. The normalized spacial score (nSPS) is 11.9. The predicted molar refractivity (Wildman–Crippen MR) is 145 cm³/mol. The van der Waals surface area contributed by atoms with Crippen LogP contribution in [0.25, 0.3) is 32.0 Å². The second-order valence-corrected chi connectivity index (χ2v) is 9.62. The van der Waals surface area contributed by atoms with Gasteiger partial charge in [0.25, 0.3) is 5.88 Å². The average Bonchev–Trinajstić information content (AvgIpc) is 3.34. The average molecular weight is 566 g/mol. The number of aliphatic hydroxyl groups excluding tert-OH is 1. The molecule has 14 heteroatoms. The fourth-order valence-electron chi connectivity index (χ4n) is 3.72. The highest BCUT2D eigenvalue weighted by Gasteiger charge is 2.19. The monoisotopic (exact) mass is 565 g/mol. The first-order valence-electron chi connectivity index (χ1n) is 12.2. The minimum absolute atomic E-state index is 0.174. The molecule has 0 saturated heterocycles. The number of benzene rings is 1. The number of hydrogen-bond donors (Lipinski definition) is 2. The number of carbonyl (C=O) groups is 1. The number of nitrogens with one attached hydrogen (secondary N) is 1. The molecule has 1 atom stereocenters. The third-order valence-electron chi connectivity index (χ3n) is 5.45. The first kappa shape index (κ1) is 27.0. The Morgan fingerprint density at radius 2 is 1.90 bits per heavy atom. The van der Waals surface area contributed by atoms with E-state index in [0.29, 0.717) is 38.9 Å². The van der Waals surface area contributed by atoms with Crippen LogP contribution in [-0.2, 0) is 11.3 Å². The second kappa shape index (κ2) is 11.7. The summed E-state index contributed by atoms with van der Waals surface area (Å²) in [5.74, 6) is -0.278. The number of carbonyl (C=O) groups excluding carboxylic acids is 1. The summed E-state index contributed by atoms with van der Waals surface area (Å²) >= 11 is 1.27. The highest BCUT2D eigenvalue weighted by Crippen LogP contribution is 2.35. The molecule has 5 rings (SSSR count). The molecular formula is C26H24FN7O5S. The van der Waals surface area contributed by atoms with Crippen LogP contribution in [0.4, 0.5) is 14.9 Å². The third-order valence-corrected chi connectivity index (χ3v) is 6.45. The van der Waals surface area contributed by atoms with Crippen molar-refractivity contribution in [2.24, 2.45) is 0 Å². The number of pyridine rings is 1. The zero-order chi connectivity index (χ0) is 28.2. The van der Waals surface area contributed by atoms with Crippen molar-refractivity contribution >= 4 is 44.5 Å². The van der Waals surface area contributed by atoms with Crippen LogP contribution >= 0.6 is 11.3 Å². The zero-order valence-electron chi connectivity index (χ0n) is 21.7. The van der Waals surface area contributed by atoms with E-state index >= 15 is 0 Å². The lowest BCUT2D eigenvalue weighted by Crippen LogP contribution is -2.25. The Balaban J connectivity index is 1.30. The highest BCUT2D eigenvalue weighted by molar-refractivity contribution is 7.21. The van der Waals surface area contributed by atoms with Crippen LogP contribution in [-0.4, -0.2) is 60.4 Å². The molecule has 1 aromatic carbocycles. The highest BCUT2D eigenvalue weighted by atomic mass is 32.1. The van der Waals surface area contributed by atoms with Crippen molar-refractivity contribution in [1.29, 1.82) is 0 Å². The first-order chi connectivity index (χ1) is 19.3. The number of amides is 1. The standard InChI is InChI=1S/C26H24FN7O5S/c1-4-37-21-10-30-22-16(5-13(2)6-18(22)32-21)24-33-19-7-17(27)23(34-25(19)40-24)39-14(3)12-38-26(36)31-15-8-28-20(11-35)29-9-15/h5-10,14,35H,4,11-12H2,1-3H3,(H,31,36)/t14-/m0/s1. The fourth-order valence-corrected chi connectivity index (χ4v) is 4.65. The Labute approximate surface area is 231 Å². The predicted octanol–water partition coefficient (Wildman–Crippen LogP) is 4.45. The lowest BCUT2D eigenvalue weighted by Gasteiger charge is -2.14. The molecule has 2 N–H and O–H groups in total. The van der Waals surface area contributed by atoms with E-state index in [2.05, 4.69) is 35.2 Å². The minimum Gasteiger partial charge on any atom is -0.477 e. The van der Waals surface area contributed by atoms with Gasteiger partial charge in [0.1, 0.15) is 34.7 Å². The SMILES string of the molecule is CCOc1cnc2c(-c3nc4cc(F)c(O[C@@H](C)COC(=O)Nc5cnc(CO)nc5)nc4s3)cc(C)cc2n1. The summed E-state index contributed by atoms with van der Waals surface area (Å²) in [6, 6.07) is 5.11. The molecule has 0 saturated carbocycles. The second-order valence-electron chi connectivity index (χ2n) is 8.64. The number of anilines is 1. The van der Waals surface area contributed by atoms with E-state index in [0.717, 1.165) is 11.1 Å². The van der Waals surface area contributed by atoms with E-state index in [9.17, 15) is 9.18 Å². The van der Waals surface area contributed by atoms with Crippen LogP contribution < -0.4 is 14.8 Å². The number of aryl methyl sites for hydroxylation is 1. The van der Waals surface area contributed by atoms with Crippen molar-refractivity contribution in [3.8, 4) is 22.3 Å². The molecular weight excluding hydrogens is 541 g/mol. The molecule has 0 bridgehead atoms. The van der Waals surface area contributed by atoms with Crippen molar-refractivity contribution in [1.82, 2.24) is 29.9 Å². The number of hydrogen-bond acceptors (Lipinski definition) is 12. The van der Waals surface area contributed by atoms with Gasteiger partial charge in [-0.2, -0.15) is 4.98 Å². The maximum Gasteiger partial charge on any atom is 0.411 e. The largest absolute Gasteiger partial charge is 0.477 e. The van der Waals surface area contributed by atoms with E-state index in [1.54, 1.807) is 13.1 Å². The number of halogens is 1. The van der Waals surface area contributed by atoms with Crippen molar-refractivity contribution in [2.45, 2.75) is 33.5 Å². The molecule has 0 radical (unpaired) electrons. The molecule has 0 aliphatic carbocycles. The Bertz CT molecular complexity index is 1680. The van der Waals surface area contributed by atoms with Gasteiger partial charge in [0, 0.05) is 11.6 Å². The summed E-state index contributed by atoms with van der Waals surface area (Å²) in [5, 5.41) is 12.0. The van der Waals surface area contributed by atoms with Gasteiger partial charge in [0.15, 0.2) is 11.6 Å². The Hall–Kier alpha value is -4.56. The number of rotatable bonds is 9. The third kappa shape index (κ3) is 6.02. The van der Waals surface area contributed by atoms with Gasteiger partial charge >= 0.3 is 6.09 Å². The molecule has 5 aromatic rings. The number of aliphatic hydroxyl groups is 1. The van der Waals surface area contributed by atoms with E-state index in [1.165, 1.54) is 29.8 Å². The van der Waals surface area contributed by atoms with Gasteiger partial charge < -0.3 is 19.3 Å². The van der Waals surface area contributed by atoms with Crippen molar-refractivity contribution in [3.05, 3.63) is 54.0 Å². The maximum absolute atomic E-state index is 14.9. The molecule has 0 spiro atoms. The van der Waals surface area contributed by atoms with Crippen LogP contribution in [0.3, 0.4) is 0 Å². The molecule has 0 fully saturated rings. The number of thiazole rings is 1. The minimum atomic E-state index is -0.770. The van der Waals surface area contributed by atoms with Gasteiger partial charge in [-0.3, -0.25) is 5.32 Å². The molecule has 0 aliphatic heterocycles. The molecule has 12 nitrogen and oxygen atoms in total. The summed E-state index contributed by atoms with van der Waals surface area (Å²) in [6.45, 7) is 5.42. The molecule has 1 amide bonds. The number of fused-ring (bicyclic) bond motifs is 2. The zero-order valence-corrected chi connectivity index (χ0v) is 22.5. The van der Waals surface area contributed by atoms with Crippen LogP contribution in [0, 0.1) is 12.7 Å². The van der Waals surface area contributed by atoms with Gasteiger partial charge in [0.05, 0.1) is 41.9 Å². The molecule has 0 unspecified atom stereocenters. The van der Waals surface area contributed by atoms with E-state index < -0.39 is 18.0 Å². The van der Waals surface area contributed by atoms with Gasteiger partial charge in [-0.05, 0) is 38.5 Å². The molecule has 4 heterocycles. The van der Waals surface area contributed by atoms with Gasteiger partial charge in [0.2, 0.25) is 5.88 Å². The van der Waals surface area contributed by atoms with Crippen molar-refractivity contribution < 1.29 is 28.5 Å². The molecule has 4 aromatic heterocycles. The summed E-state index contributed by atoms with van der Waals surface area (Å²) < 4.78 is 31.1. The summed E-state index contributed by atoms with van der Waals surface area (Å²) in [4.78, 5) is 38.2. The Morgan fingerprint density at radius 3 is 2.65 bits per heavy atom. The van der Waals surface area contributed by atoms with E-state index in [1.807, 2.05) is 26.0 Å². The lowest BCUT2D eigenvalue weighted by atomic mass is 10.1. The molecule has 206 valence electrons. The van der Waals surface area contributed by atoms with Crippen LogP contribution in [0.1, 0.15) is 25.2 Å². The molecule has 0 aliphatic rings. The first-order valence-corrected chi connectivity index (χ1v) is 13.0. The fraction of sp³-hybridized carbons (Fsp3) is 0.269. The quantitative estimate of drug-likeness (QED) is 0.260. The van der Waals surface area contributed by atoms with Crippen LogP contribution in [0.15, 0.2) is 36.8 Å². The van der Waals surface area contributed by atoms with Crippen LogP contribution in [0.5, 0.6) is 11.8 Å². The van der Waals surface area contributed by atoms with Gasteiger partial charge in [-0.15, -0.1) is 0 Å². The Morgan fingerprint density at radius 1 is 1.10 bits per heavy atom. The van der Waals surface area contributed by atoms with E-state index in [-0.39, 0.29) is 30.6 Å². The van der Waals surface area contributed by atoms with Crippen LogP contribution in [0.2, 0.25) is 0 Å². The topological polar surface area (TPSA) is 154 Å². The lowest BCUT2D eigenvalue weighted by molar-refractivity contribution is 0.0941. The molecule has 40 heavy (non-hydrogen) atoms. The number of nitrogens with zero attached hydrogens (tertiary/aromatic N) is 6. The van der Waals surface area contributed by atoms with Crippen molar-refractivity contribution in [3.63, 3.8) is 0 Å². The number of ether oxygens (including phenoxy) is 3. The smallest absolute Gasteiger partial charge is 0.411 e. The van der Waals surface area contributed by atoms with E-state index in [4.69, 9.17) is 19.3 Å². The summed E-state index contributed by atoms with van der Waals surface area (Å²) in [7, 11) is 0. The number of aromatic nitrogens is 6. The maximum atomic E-state index is 14.9. The van der Waals surface area contributed by atoms with Gasteiger partial charge in [-0.25, -0.2) is 34.1 Å². The van der Waals surface area contributed by atoms with Gasteiger partial charge in [-0.1, -0.05) is 11.3 Å². The summed E-state index contributed by atoms with van der Waals surface area (Å²) in [5.41, 5.74) is 3.68. The van der Waals surface area contributed by atoms with Crippen molar-refractivity contribution in [2.75, 3.05) is 18.5 Å².